The van der Waals surface area contributed by atoms with Gasteiger partial charge in [-0.3, -0.25) is 24.0 Å². The first-order valence-electron chi connectivity index (χ1n) is 10.9. The number of esters is 1. The van der Waals surface area contributed by atoms with Crippen LogP contribution < -0.4 is 27.0 Å². The van der Waals surface area contributed by atoms with E-state index in [1.807, 2.05) is 27.7 Å². The second-order valence-electron chi connectivity index (χ2n) is 9.05. The zero-order valence-electron chi connectivity index (χ0n) is 19.9. The van der Waals surface area contributed by atoms with Crippen LogP contribution in [0.15, 0.2) is 0 Å². The summed E-state index contributed by atoms with van der Waals surface area (Å²) in [6, 6.07) is -4.96. The molecule has 1 heterocycles. The Labute approximate surface area is 193 Å². The number of rotatable bonds is 6. The van der Waals surface area contributed by atoms with Crippen molar-refractivity contribution in [1.82, 2.24) is 21.3 Å². The molecule has 12 heteroatoms. The molecule has 0 saturated carbocycles. The normalized spacial score (nSPS) is 27.3. The molecule has 1 aliphatic heterocycles. The molecular formula is C21H35N5O7. The lowest BCUT2D eigenvalue weighted by molar-refractivity contribution is -0.162. The van der Waals surface area contributed by atoms with E-state index in [4.69, 9.17) is 10.5 Å². The van der Waals surface area contributed by atoms with Crippen molar-refractivity contribution in [3.8, 4) is 0 Å². The van der Waals surface area contributed by atoms with Gasteiger partial charge in [-0.15, -0.1) is 0 Å². The van der Waals surface area contributed by atoms with Crippen LogP contribution in [0.4, 0.5) is 0 Å². The second kappa shape index (κ2) is 12.2. The van der Waals surface area contributed by atoms with Crippen LogP contribution in [0, 0.1) is 11.8 Å². The predicted octanol–water partition coefficient (Wildman–Crippen LogP) is -1.53. The average molecular weight is 470 g/mol. The minimum atomic E-state index is -1.87. The lowest BCUT2D eigenvalue weighted by Gasteiger charge is -2.27. The van der Waals surface area contributed by atoms with E-state index in [9.17, 15) is 28.8 Å². The van der Waals surface area contributed by atoms with E-state index in [2.05, 4.69) is 21.3 Å². The summed E-state index contributed by atoms with van der Waals surface area (Å²) in [6.07, 6.45) is -1.43. The summed E-state index contributed by atoms with van der Waals surface area (Å²) in [7, 11) is 0. The maximum Gasteiger partial charge on any atom is 0.329 e. The van der Waals surface area contributed by atoms with Crippen molar-refractivity contribution in [2.75, 3.05) is 0 Å². The summed E-state index contributed by atoms with van der Waals surface area (Å²) < 4.78 is 5.24. The fourth-order valence-electron chi connectivity index (χ4n) is 3.32. The Balaban J connectivity index is 3.48. The Morgan fingerprint density at radius 2 is 1.42 bits per heavy atom. The van der Waals surface area contributed by atoms with Gasteiger partial charge in [0.05, 0.1) is 0 Å². The molecule has 0 bridgehead atoms. The van der Waals surface area contributed by atoms with E-state index < -0.39 is 65.8 Å². The van der Waals surface area contributed by atoms with Crippen LogP contribution >= 0.6 is 0 Å². The Kier molecular flexibility index (Phi) is 10.3. The third-order valence-corrected chi connectivity index (χ3v) is 4.87. The summed E-state index contributed by atoms with van der Waals surface area (Å²) in [5.41, 5.74) is 5.37. The molecule has 1 aliphatic rings. The molecule has 6 N–H and O–H groups in total. The van der Waals surface area contributed by atoms with E-state index in [1.54, 1.807) is 0 Å². The van der Waals surface area contributed by atoms with Crippen molar-refractivity contribution in [3.05, 3.63) is 0 Å². The van der Waals surface area contributed by atoms with Crippen LogP contribution in [-0.4, -0.2) is 65.8 Å². The number of cyclic esters (lactones) is 1. The molecule has 5 atom stereocenters. The van der Waals surface area contributed by atoms with Gasteiger partial charge in [0.1, 0.15) is 18.1 Å². The molecule has 1 fully saturated rings. The minimum absolute atomic E-state index is 0.0283. The van der Waals surface area contributed by atoms with E-state index in [0.717, 1.165) is 6.92 Å². The van der Waals surface area contributed by atoms with Gasteiger partial charge < -0.3 is 31.7 Å². The number of carbonyl (C=O) groups excluding carboxylic acids is 6. The highest BCUT2D eigenvalue weighted by Gasteiger charge is 2.40. The third kappa shape index (κ3) is 8.70. The summed E-state index contributed by atoms with van der Waals surface area (Å²) in [5, 5.41) is 9.77. The molecule has 1 rings (SSSR count). The summed E-state index contributed by atoms with van der Waals surface area (Å²) >= 11 is 0. The largest absolute Gasteiger partial charge is 0.448 e. The molecule has 33 heavy (non-hydrogen) atoms. The Morgan fingerprint density at radius 3 is 1.91 bits per heavy atom. The number of primary amides is 1. The fourth-order valence-corrected chi connectivity index (χ4v) is 3.32. The lowest BCUT2D eigenvalue weighted by Crippen LogP contribution is -2.60. The van der Waals surface area contributed by atoms with E-state index in [1.165, 1.54) is 6.92 Å². The number of hydrogen-bond donors (Lipinski definition) is 5. The Morgan fingerprint density at radius 1 is 0.909 bits per heavy atom. The molecule has 0 aromatic heterocycles. The molecule has 0 radical (unpaired) electrons. The topological polar surface area (TPSA) is 186 Å². The van der Waals surface area contributed by atoms with Crippen LogP contribution in [0.25, 0.3) is 0 Å². The monoisotopic (exact) mass is 469 g/mol. The number of amides is 5. The fraction of sp³-hybridized carbons (Fsp3) is 0.714. The predicted molar refractivity (Wildman–Crippen MR) is 117 cm³/mol. The second-order valence-corrected chi connectivity index (χ2v) is 9.05. The van der Waals surface area contributed by atoms with Crippen molar-refractivity contribution < 1.29 is 33.5 Å². The Hall–Kier alpha value is -3.18. The van der Waals surface area contributed by atoms with Gasteiger partial charge in [-0.05, 0) is 31.6 Å². The third-order valence-electron chi connectivity index (χ3n) is 4.87. The van der Waals surface area contributed by atoms with Gasteiger partial charge in [-0.1, -0.05) is 27.7 Å². The zero-order valence-corrected chi connectivity index (χ0v) is 19.9. The zero-order chi connectivity index (χ0) is 25.5. The molecule has 186 valence electrons. The molecule has 12 nitrogen and oxygen atoms in total. The SMILES string of the molecule is CC(=O)NC1C(=O)N[C@@H](C)C(=O)N[C@@H](CC(C)C)C(=O)N[C@@H](CC(C)C)C(=O)O[C@H]1C(N)=O. The van der Waals surface area contributed by atoms with Crippen LogP contribution in [0.2, 0.25) is 0 Å². The molecular weight excluding hydrogens is 434 g/mol. The van der Waals surface area contributed by atoms with E-state index in [-0.39, 0.29) is 24.7 Å². The number of nitrogens with one attached hydrogen (secondary N) is 4. The van der Waals surface area contributed by atoms with Gasteiger partial charge in [0.2, 0.25) is 29.7 Å². The first kappa shape index (κ1) is 27.9. The quantitative estimate of drug-likeness (QED) is 0.292. The molecule has 5 amide bonds. The highest BCUT2D eigenvalue weighted by atomic mass is 16.6. The van der Waals surface area contributed by atoms with Gasteiger partial charge in [0.15, 0.2) is 6.04 Å². The molecule has 1 unspecified atom stereocenters. The van der Waals surface area contributed by atoms with E-state index >= 15 is 0 Å². The summed E-state index contributed by atoms with van der Waals surface area (Å²) in [5.74, 6) is -5.12. The molecule has 0 aliphatic carbocycles. The van der Waals surface area contributed by atoms with Crippen LogP contribution in [-0.2, 0) is 33.5 Å². The minimum Gasteiger partial charge on any atom is -0.448 e. The van der Waals surface area contributed by atoms with Crippen molar-refractivity contribution in [2.45, 2.75) is 84.7 Å². The van der Waals surface area contributed by atoms with Crippen molar-refractivity contribution in [3.63, 3.8) is 0 Å². The van der Waals surface area contributed by atoms with Crippen molar-refractivity contribution in [1.29, 1.82) is 0 Å². The van der Waals surface area contributed by atoms with Gasteiger partial charge >= 0.3 is 5.97 Å². The molecule has 0 spiro atoms. The highest BCUT2D eigenvalue weighted by molar-refractivity contribution is 5.98. The summed E-state index contributed by atoms with van der Waals surface area (Å²) in [4.78, 5) is 75.1. The smallest absolute Gasteiger partial charge is 0.329 e. The maximum absolute atomic E-state index is 13.0. The highest BCUT2D eigenvalue weighted by Crippen LogP contribution is 2.13. The first-order valence-corrected chi connectivity index (χ1v) is 10.9. The average Bonchev–Trinajstić information content (AvgIpc) is 2.67. The van der Waals surface area contributed by atoms with Crippen LogP contribution in [0.1, 0.15) is 54.4 Å². The van der Waals surface area contributed by atoms with Gasteiger partial charge in [-0.25, -0.2) is 4.79 Å². The van der Waals surface area contributed by atoms with Gasteiger partial charge in [0, 0.05) is 6.92 Å². The van der Waals surface area contributed by atoms with Gasteiger partial charge in [-0.2, -0.15) is 0 Å². The molecule has 0 aromatic carbocycles. The number of ether oxygens (including phenoxy) is 1. The van der Waals surface area contributed by atoms with Crippen molar-refractivity contribution in [2.24, 2.45) is 17.6 Å². The number of hydrogen-bond acceptors (Lipinski definition) is 7. The van der Waals surface area contributed by atoms with Gasteiger partial charge in [0.25, 0.3) is 5.91 Å². The molecule has 0 aromatic rings. The Bertz CT molecular complexity index is 783. The standard InChI is InChI=1S/C21H35N5O7/c1-9(2)7-13-19(30)26-14(8-10(3)4)21(32)33-16(17(22)28)15(24-12(6)27)20(31)23-11(5)18(29)25-13/h9-11,13-16H,7-8H2,1-6H3,(H2,22,28)(H,23,31)(H,24,27)(H,25,29)(H,26,30)/t11-,13-,14-,15?,16+/m0/s1. The van der Waals surface area contributed by atoms with Crippen molar-refractivity contribution >= 4 is 35.5 Å². The number of nitrogens with two attached hydrogens (primary N) is 1. The molecule has 1 saturated heterocycles. The van der Waals surface area contributed by atoms with Crippen LogP contribution in [0.3, 0.4) is 0 Å². The maximum atomic E-state index is 13.0. The first-order chi connectivity index (χ1) is 15.2. The van der Waals surface area contributed by atoms with Crippen LogP contribution in [0.5, 0.6) is 0 Å². The number of carbonyl (C=O) groups is 6. The summed E-state index contributed by atoms with van der Waals surface area (Å²) in [6.45, 7) is 9.82. The lowest BCUT2D eigenvalue weighted by atomic mass is 10.00. The van der Waals surface area contributed by atoms with E-state index in [0.29, 0.717) is 0 Å².